The molecule has 1 atom stereocenters. The lowest BCUT2D eigenvalue weighted by Crippen LogP contribution is -2.38. The van der Waals surface area contributed by atoms with Gasteiger partial charge in [-0.15, -0.1) is 0 Å². The van der Waals surface area contributed by atoms with Crippen molar-refractivity contribution in [3.05, 3.63) is 57.2 Å². The summed E-state index contributed by atoms with van der Waals surface area (Å²) in [5.74, 6) is -0.0993. The van der Waals surface area contributed by atoms with Gasteiger partial charge in [0.05, 0.1) is 29.8 Å². The fourth-order valence-electron chi connectivity index (χ4n) is 3.41. The number of benzene rings is 1. The van der Waals surface area contributed by atoms with Gasteiger partial charge in [0, 0.05) is 17.3 Å². The summed E-state index contributed by atoms with van der Waals surface area (Å²) in [6.07, 6.45) is -0.0530. The monoisotopic (exact) mass is 461 g/mol. The molecule has 6 nitrogen and oxygen atoms in total. The van der Waals surface area contributed by atoms with Crippen molar-refractivity contribution in [1.82, 2.24) is 10.2 Å². The number of amidine groups is 1. The zero-order chi connectivity index (χ0) is 22.7. The van der Waals surface area contributed by atoms with E-state index in [9.17, 15) is 9.59 Å². The van der Waals surface area contributed by atoms with Crippen LogP contribution in [0.5, 0.6) is 0 Å². The van der Waals surface area contributed by atoms with Gasteiger partial charge in [-0.25, -0.2) is 9.79 Å². The molecular weight excluding hydrogens is 434 g/mol. The van der Waals surface area contributed by atoms with E-state index >= 15 is 0 Å². The van der Waals surface area contributed by atoms with Crippen LogP contribution in [-0.2, 0) is 14.3 Å². The van der Waals surface area contributed by atoms with E-state index in [-0.39, 0.29) is 18.4 Å². The maximum atomic E-state index is 13.1. The van der Waals surface area contributed by atoms with Crippen molar-refractivity contribution >= 4 is 40.4 Å². The molecule has 0 radical (unpaired) electrons. The smallest absolute Gasteiger partial charge is 0.338 e. The Labute approximate surface area is 192 Å². The van der Waals surface area contributed by atoms with Crippen LogP contribution in [0.25, 0.3) is 0 Å². The molecule has 0 bridgehead atoms. The van der Waals surface area contributed by atoms with Gasteiger partial charge >= 0.3 is 5.97 Å². The van der Waals surface area contributed by atoms with Gasteiger partial charge in [0.25, 0.3) is 0 Å². The maximum Gasteiger partial charge on any atom is 0.338 e. The second kappa shape index (κ2) is 9.92. The lowest BCUT2D eigenvalue weighted by atomic mass is 9.94. The Morgan fingerprint density at radius 2 is 1.90 bits per heavy atom. The van der Waals surface area contributed by atoms with Gasteiger partial charge in [-0.2, -0.15) is 0 Å². The summed E-state index contributed by atoms with van der Waals surface area (Å²) >= 11 is 7.56. The van der Waals surface area contributed by atoms with Gasteiger partial charge in [-0.3, -0.25) is 4.79 Å². The molecule has 0 unspecified atom stereocenters. The molecule has 2 heterocycles. The Bertz CT molecular complexity index is 951. The second-order valence-corrected chi connectivity index (χ2v) is 9.55. The number of amides is 1. The Hall–Kier alpha value is -2.25. The number of nitrogens with one attached hydrogen (secondary N) is 1. The highest BCUT2D eigenvalue weighted by Gasteiger charge is 2.41. The molecule has 3 rings (SSSR count). The summed E-state index contributed by atoms with van der Waals surface area (Å²) in [4.78, 5) is 32.2. The van der Waals surface area contributed by atoms with Crippen molar-refractivity contribution < 1.29 is 14.3 Å². The number of fused-ring (bicyclic) bond motifs is 1. The molecule has 1 amide bonds. The fraction of sp³-hybridized carbons (Fsp3) is 0.435. The molecule has 0 aromatic heterocycles. The number of hydrogen-bond acceptors (Lipinski definition) is 6. The van der Waals surface area contributed by atoms with Gasteiger partial charge in [-0.05, 0) is 49.8 Å². The first-order chi connectivity index (χ1) is 14.7. The summed E-state index contributed by atoms with van der Waals surface area (Å²) in [7, 11) is 0. The Kier molecular flexibility index (Phi) is 7.49. The lowest BCUT2D eigenvalue weighted by molar-refractivity contribution is -0.143. The minimum absolute atomic E-state index is 0.0609. The molecule has 2 aliphatic rings. The minimum atomic E-state index is -0.449. The number of carbonyl (C=O) groups is 2. The summed E-state index contributed by atoms with van der Waals surface area (Å²) in [5.41, 5.74) is 2.76. The van der Waals surface area contributed by atoms with Crippen molar-refractivity contribution in [3.63, 3.8) is 0 Å². The van der Waals surface area contributed by atoms with Gasteiger partial charge in [0.2, 0.25) is 5.91 Å². The number of nitrogens with zero attached hydrogens (tertiary/aromatic N) is 2. The summed E-state index contributed by atoms with van der Waals surface area (Å²) < 4.78 is 5.54. The third-order valence-electron chi connectivity index (χ3n) is 4.80. The summed E-state index contributed by atoms with van der Waals surface area (Å²) in [6, 6.07) is 6.93. The van der Waals surface area contributed by atoms with Crippen LogP contribution in [0.4, 0.5) is 0 Å². The number of halogens is 1. The van der Waals surface area contributed by atoms with E-state index in [2.05, 4.69) is 24.2 Å². The van der Waals surface area contributed by atoms with E-state index < -0.39 is 12.0 Å². The molecule has 2 aliphatic heterocycles. The molecular formula is C23H28ClN3O3S. The number of thioether (sulfide) groups is 1. The highest BCUT2D eigenvalue weighted by molar-refractivity contribution is 8.16. The van der Waals surface area contributed by atoms with Crippen molar-refractivity contribution in [3.8, 4) is 0 Å². The Morgan fingerprint density at radius 1 is 1.23 bits per heavy atom. The number of aliphatic imine (C=N–C) groups is 1. The average Bonchev–Trinajstić information content (AvgIpc) is 3.07. The molecule has 0 saturated carbocycles. The normalized spacial score (nSPS) is 18.2. The molecule has 31 heavy (non-hydrogen) atoms. The largest absolute Gasteiger partial charge is 0.459 e. The van der Waals surface area contributed by atoms with Crippen LogP contribution in [0.1, 0.15) is 52.6 Å². The van der Waals surface area contributed by atoms with Gasteiger partial charge < -0.3 is 15.0 Å². The van der Waals surface area contributed by atoms with Crippen molar-refractivity contribution in [2.24, 2.45) is 10.9 Å². The Balaban J connectivity index is 1.98. The topological polar surface area (TPSA) is 71.0 Å². The SMILES string of the molecule is CC1=C(C(=O)OC(C)C)[C@H](c2ccc(Cl)cc2)N2C(CC(=O)NCC(C)C)=CSC2=N1. The van der Waals surface area contributed by atoms with E-state index in [0.29, 0.717) is 28.8 Å². The predicted molar refractivity (Wildman–Crippen MR) is 126 cm³/mol. The van der Waals surface area contributed by atoms with Crippen molar-refractivity contribution in [1.29, 1.82) is 0 Å². The predicted octanol–water partition coefficient (Wildman–Crippen LogP) is 5.03. The number of ether oxygens (including phenoxy) is 1. The third kappa shape index (κ3) is 5.52. The molecule has 0 fully saturated rings. The van der Waals surface area contributed by atoms with Crippen LogP contribution < -0.4 is 5.32 Å². The zero-order valence-corrected chi connectivity index (χ0v) is 20.0. The van der Waals surface area contributed by atoms with Crippen LogP contribution in [0.2, 0.25) is 5.02 Å². The molecule has 1 N–H and O–H groups in total. The highest BCUT2D eigenvalue weighted by atomic mass is 35.5. The number of rotatable bonds is 7. The molecule has 166 valence electrons. The molecule has 0 spiro atoms. The van der Waals surface area contributed by atoms with Crippen molar-refractivity contribution in [2.75, 3.05) is 6.54 Å². The zero-order valence-electron chi connectivity index (χ0n) is 18.4. The third-order valence-corrected chi connectivity index (χ3v) is 5.94. The van der Waals surface area contributed by atoms with Crippen LogP contribution in [0.15, 0.2) is 51.6 Å². The van der Waals surface area contributed by atoms with Crippen molar-refractivity contribution in [2.45, 2.75) is 53.2 Å². The molecule has 0 saturated heterocycles. The van der Waals surface area contributed by atoms with Gasteiger partial charge in [-0.1, -0.05) is 49.3 Å². The van der Waals surface area contributed by atoms with E-state index in [4.69, 9.17) is 16.3 Å². The van der Waals surface area contributed by atoms with E-state index in [1.807, 2.05) is 43.2 Å². The van der Waals surface area contributed by atoms with E-state index in [1.165, 1.54) is 11.8 Å². The van der Waals surface area contributed by atoms with Crippen LogP contribution >= 0.6 is 23.4 Å². The molecule has 1 aromatic carbocycles. The molecule has 0 aliphatic carbocycles. The average molecular weight is 462 g/mol. The molecule has 1 aromatic rings. The molecule has 8 heteroatoms. The summed E-state index contributed by atoms with van der Waals surface area (Å²) in [5, 5.41) is 6.24. The Morgan fingerprint density at radius 3 is 2.52 bits per heavy atom. The van der Waals surface area contributed by atoms with Crippen LogP contribution in [0, 0.1) is 5.92 Å². The first kappa shape index (κ1) is 23.4. The fourth-order valence-corrected chi connectivity index (χ4v) is 4.50. The first-order valence-electron chi connectivity index (χ1n) is 10.3. The number of allylic oxidation sites excluding steroid dienone is 1. The minimum Gasteiger partial charge on any atom is -0.459 e. The van der Waals surface area contributed by atoms with Gasteiger partial charge in [0.15, 0.2) is 5.17 Å². The number of esters is 1. The second-order valence-electron chi connectivity index (χ2n) is 8.27. The van der Waals surface area contributed by atoms with Crippen LogP contribution in [-0.4, -0.2) is 34.6 Å². The lowest BCUT2D eigenvalue weighted by Gasteiger charge is -2.36. The highest BCUT2D eigenvalue weighted by Crippen LogP contribution is 2.45. The maximum absolute atomic E-state index is 13.1. The first-order valence-corrected chi connectivity index (χ1v) is 11.6. The number of hydrogen-bond donors (Lipinski definition) is 1. The van der Waals surface area contributed by atoms with Gasteiger partial charge in [0.1, 0.15) is 0 Å². The quantitative estimate of drug-likeness (QED) is 0.576. The standard InChI is InChI=1S/C23H28ClN3O3S/c1-13(2)11-25-19(28)10-18-12-31-23-26-15(5)20(22(29)30-14(3)4)21(27(18)23)16-6-8-17(24)9-7-16/h6-9,12-14,21H,10-11H2,1-5H3,(H,25,28)/t21-/m0/s1. The van der Waals surface area contributed by atoms with E-state index in [0.717, 1.165) is 16.4 Å². The van der Waals surface area contributed by atoms with E-state index in [1.54, 1.807) is 12.1 Å². The summed E-state index contributed by atoms with van der Waals surface area (Å²) in [6.45, 7) is 10.2. The number of carbonyl (C=O) groups excluding carboxylic acids is 2. The van der Waals surface area contributed by atoms with Crippen LogP contribution in [0.3, 0.4) is 0 Å².